The van der Waals surface area contributed by atoms with Gasteiger partial charge in [-0.15, -0.1) is 0 Å². The maximum atomic E-state index is 12.4. The highest BCUT2D eigenvalue weighted by Gasteiger charge is 2.28. The molecule has 0 unspecified atom stereocenters. The molecule has 0 radical (unpaired) electrons. The minimum Gasteiger partial charge on any atom is -0.492 e. The maximum Gasteiger partial charge on any atom is 0.422 e. The minimum absolute atomic E-state index is 0.0220. The van der Waals surface area contributed by atoms with Crippen LogP contribution in [0.2, 0.25) is 0 Å². The normalized spacial score (nSPS) is 11.1. The summed E-state index contributed by atoms with van der Waals surface area (Å²) in [6.07, 6.45) is -4.44. The number of hydrogen-bond acceptors (Lipinski definition) is 5. The van der Waals surface area contributed by atoms with E-state index in [1.807, 2.05) is 18.2 Å². The lowest BCUT2D eigenvalue weighted by Gasteiger charge is -2.11. The van der Waals surface area contributed by atoms with Crippen LogP contribution < -0.4 is 20.3 Å². The number of ether oxygens (including phenoxy) is 2. The van der Waals surface area contributed by atoms with Gasteiger partial charge in [-0.25, -0.2) is 4.68 Å². The second-order valence-corrected chi connectivity index (χ2v) is 6.68. The SMILES string of the molecule is O=C(NCc1cccc(OCC(F)(F)F)c1)c1ccc(=O)n(CCOc2ccccc2)n1. The molecule has 3 aromatic rings. The van der Waals surface area contributed by atoms with Crippen molar-refractivity contribution in [3.63, 3.8) is 0 Å². The molecule has 0 saturated heterocycles. The summed E-state index contributed by atoms with van der Waals surface area (Å²) >= 11 is 0. The largest absolute Gasteiger partial charge is 0.492 e. The average molecular weight is 447 g/mol. The molecule has 0 spiro atoms. The third-order valence-electron chi connectivity index (χ3n) is 4.17. The number of rotatable bonds is 9. The predicted molar refractivity (Wildman–Crippen MR) is 110 cm³/mol. The van der Waals surface area contributed by atoms with Crippen LogP contribution in [-0.2, 0) is 13.1 Å². The number of nitrogens with zero attached hydrogens (tertiary/aromatic N) is 2. The zero-order chi connectivity index (χ0) is 23.0. The zero-order valence-electron chi connectivity index (χ0n) is 16.8. The van der Waals surface area contributed by atoms with Gasteiger partial charge in [-0.1, -0.05) is 30.3 Å². The summed E-state index contributed by atoms with van der Waals surface area (Å²) in [6, 6.07) is 17.6. The van der Waals surface area contributed by atoms with Crippen molar-refractivity contribution >= 4 is 5.91 Å². The Morgan fingerprint density at radius 1 is 0.969 bits per heavy atom. The molecule has 1 heterocycles. The van der Waals surface area contributed by atoms with Crippen molar-refractivity contribution in [3.05, 3.63) is 88.3 Å². The highest BCUT2D eigenvalue weighted by Crippen LogP contribution is 2.19. The van der Waals surface area contributed by atoms with Gasteiger partial charge in [0, 0.05) is 12.6 Å². The highest BCUT2D eigenvalue weighted by molar-refractivity contribution is 5.91. The Balaban J connectivity index is 1.56. The summed E-state index contributed by atoms with van der Waals surface area (Å²) in [5.41, 5.74) is 0.184. The third-order valence-corrected chi connectivity index (χ3v) is 4.17. The van der Waals surface area contributed by atoms with Gasteiger partial charge in [0.2, 0.25) is 0 Å². The number of aromatic nitrogens is 2. The van der Waals surface area contributed by atoms with Crippen LogP contribution in [0.1, 0.15) is 16.1 Å². The molecule has 32 heavy (non-hydrogen) atoms. The number of halogens is 3. The lowest BCUT2D eigenvalue weighted by Crippen LogP contribution is -2.30. The third kappa shape index (κ3) is 7.15. The molecule has 0 atom stereocenters. The van der Waals surface area contributed by atoms with Crippen LogP contribution in [0.3, 0.4) is 0 Å². The molecule has 3 rings (SSSR count). The van der Waals surface area contributed by atoms with Gasteiger partial charge >= 0.3 is 6.18 Å². The number of para-hydroxylation sites is 1. The number of alkyl halides is 3. The van der Waals surface area contributed by atoms with E-state index in [1.54, 1.807) is 18.2 Å². The molecular weight excluding hydrogens is 427 g/mol. The predicted octanol–water partition coefficient (Wildman–Crippen LogP) is 3.19. The average Bonchev–Trinajstić information content (AvgIpc) is 2.78. The summed E-state index contributed by atoms with van der Waals surface area (Å²) in [7, 11) is 0. The summed E-state index contributed by atoms with van der Waals surface area (Å²) in [5, 5.41) is 6.67. The Morgan fingerprint density at radius 2 is 1.72 bits per heavy atom. The summed E-state index contributed by atoms with van der Waals surface area (Å²) in [5.74, 6) is 0.152. The van der Waals surface area contributed by atoms with Gasteiger partial charge < -0.3 is 14.8 Å². The van der Waals surface area contributed by atoms with Gasteiger partial charge in [-0.05, 0) is 35.9 Å². The van der Waals surface area contributed by atoms with Crippen LogP contribution in [0.5, 0.6) is 11.5 Å². The first kappa shape index (κ1) is 22.9. The van der Waals surface area contributed by atoms with Gasteiger partial charge in [0.1, 0.15) is 23.8 Å². The van der Waals surface area contributed by atoms with Crippen molar-refractivity contribution in [2.75, 3.05) is 13.2 Å². The zero-order valence-corrected chi connectivity index (χ0v) is 16.8. The van der Waals surface area contributed by atoms with Gasteiger partial charge in [0.05, 0.1) is 6.54 Å². The molecule has 0 saturated carbocycles. The van der Waals surface area contributed by atoms with Crippen molar-refractivity contribution in [3.8, 4) is 11.5 Å². The number of hydrogen-bond donors (Lipinski definition) is 1. The fourth-order valence-electron chi connectivity index (χ4n) is 2.68. The number of nitrogens with one attached hydrogen (secondary N) is 1. The standard InChI is InChI=1S/C22H20F3N3O4/c23-22(24,25)15-32-18-8-4-5-16(13-18)14-26-21(30)19-9-10-20(29)28(27-19)11-12-31-17-6-2-1-3-7-17/h1-10,13H,11-12,14-15H2,(H,26,30). The number of benzene rings is 2. The van der Waals surface area contributed by atoms with Crippen LogP contribution >= 0.6 is 0 Å². The highest BCUT2D eigenvalue weighted by atomic mass is 19.4. The Kier molecular flexibility index (Phi) is 7.48. The lowest BCUT2D eigenvalue weighted by molar-refractivity contribution is -0.153. The second-order valence-electron chi connectivity index (χ2n) is 6.68. The van der Waals surface area contributed by atoms with E-state index in [2.05, 4.69) is 10.4 Å². The van der Waals surface area contributed by atoms with Gasteiger partial charge in [-0.2, -0.15) is 18.3 Å². The molecule has 0 aliphatic heterocycles. The molecule has 1 aromatic heterocycles. The molecule has 168 valence electrons. The minimum atomic E-state index is -4.44. The van der Waals surface area contributed by atoms with Crippen molar-refractivity contribution in [2.45, 2.75) is 19.3 Å². The molecular formula is C22H20F3N3O4. The number of carbonyl (C=O) groups excluding carboxylic acids is 1. The first-order chi connectivity index (χ1) is 15.3. The number of carbonyl (C=O) groups is 1. The van der Waals surface area contributed by atoms with Gasteiger partial charge in [0.25, 0.3) is 11.5 Å². The van der Waals surface area contributed by atoms with E-state index in [4.69, 9.17) is 9.47 Å². The monoisotopic (exact) mass is 447 g/mol. The molecule has 0 bridgehead atoms. The molecule has 1 amide bonds. The van der Waals surface area contributed by atoms with E-state index >= 15 is 0 Å². The molecule has 0 aliphatic rings. The summed E-state index contributed by atoms with van der Waals surface area (Å²) < 4.78 is 48.2. The Morgan fingerprint density at radius 3 is 2.47 bits per heavy atom. The van der Waals surface area contributed by atoms with Crippen molar-refractivity contribution in [1.29, 1.82) is 0 Å². The molecule has 0 aliphatic carbocycles. The van der Waals surface area contributed by atoms with E-state index in [0.29, 0.717) is 11.3 Å². The van der Waals surface area contributed by atoms with E-state index in [1.165, 1.54) is 30.3 Å². The quantitative estimate of drug-likeness (QED) is 0.545. The van der Waals surface area contributed by atoms with E-state index in [9.17, 15) is 22.8 Å². The first-order valence-corrected chi connectivity index (χ1v) is 9.63. The molecule has 0 fully saturated rings. The lowest BCUT2D eigenvalue weighted by atomic mass is 10.2. The molecule has 10 heteroatoms. The van der Waals surface area contributed by atoms with Gasteiger partial charge in [0.15, 0.2) is 6.61 Å². The van der Waals surface area contributed by atoms with Crippen LogP contribution in [-0.4, -0.2) is 35.1 Å². The van der Waals surface area contributed by atoms with Crippen LogP contribution in [0.15, 0.2) is 71.5 Å². The number of amides is 1. The van der Waals surface area contributed by atoms with E-state index in [0.717, 1.165) is 4.68 Å². The molecule has 2 aromatic carbocycles. The van der Waals surface area contributed by atoms with Crippen LogP contribution in [0.4, 0.5) is 13.2 Å². The van der Waals surface area contributed by atoms with E-state index in [-0.39, 0.29) is 36.7 Å². The topological polar surface area (TPSA) is 82.5 Å². The second kappa shape index (κ2) is 10.5. The van der Waals surface area contributed by atoms with Gasteiger partial charge in [-0.3, -0.25) is 9.59 Å². The van der Waals surface area contributed by atoms with E-state index < -0.39 is 18.7 Å². The van der Waals surface area contributed by atoms with Crippen molar-refractivity contribution in [2.24, 2.45) is 0 Å². The fraction of sp³-hybridized carbons (Fsp3) is 0.227. The van der Waals surface area contributed by atoms with Crippen LogP contribution in [0.25, 0.3) is 0 Å². The fourth-order valence-corrected chi connectivity index (χ4v) is 2.68. The summed E-state index contributed by atoms with van der Waals surface area (Å²) in [4.78, 5) is 24.4. The van der Waals surface area contributed by atoms with Crippen molar-refractivity contribution < 1.29 is 27.4 Å². The maximum absolute atomic E-state index is 12.4. The molecule has 1 N–H and O–H groups in total. The van der Waals surface area contributed by atoms with Crippen LogP contribution in [0, 0.1) is 0 Å². The Bertz CT molecular complexity index is 1100. The smallest absolute Gasteiger partial charge is 0.422 e. The first-order valence-electron chi connectivity index (χ1n) is 9.63. The Labute approximate surface area is 181 Å². The summed E-state index contributed by atoms with van der Waals surface area (Å²) in [6.45, 7) is -1.03. The van der Waals surface area contributed by atoms with Crippen molar-refractivity contribution in [1.82, 2.24) is 15.1 Å². The Hall–Kier alpha value is -3.82. The molecule has 7 nitrogen and oxygen atoms in total.